The van der Waals surface area contributed by atoms with Crippen molar-refractivity contribution in [2.45, 2.75) is 25.9 Å². The number of pyridine rings is 2. The van der Waals surface area contributed by atoms with E-state index in [9.17, 15) is 22.8 Å². The zero-order chi connectivity index (χ0) is 25.3. The third kappa shape index (κ3) is 4.74. The average molecular weight is 486 g/mol. The monoisotopic (exact) mass is 486 g/mol. The van der Waals surface area contributed by atoms with Gasteiger partial charge in [0, 0.05) is 13.1 Å². The van der Waals surface area contributed by atoms with E-state index in [4.69, 9.17) is 10.00 Å². The Kier molecular flexibility index (Phi) is 6.08. The molecule has 2 amide bonds. The summed E-state index contributed by atoms with van der Waals surface area (Å²) >= 11 is 0. The fourth-order valence-corrected chi connectivity index (χ4v) is 3.18. The third-order valence-corrected chi connectivity index (χ3v) is 5.32. The lowest BCUT2D eigenvalue weighted by Gasteiger charge is -2.15. The number of anilines is 2. The lowest BCUT2D eigenvalue weighted by molar-refractivity contribution is -0.119. The van der Waals surface area contributed by atoms with Crippen molar-refractivity contribution in [2.75, 3.05) is 10.6 Å². The standard InChI is InChI=1S/C21H17F3N8O3/c1-10(13-5-11(22)7-27-17(13)24)35-20(34)29-18-16(30-31-32(18)2)15-14(23)6-12(8-26-15)28-19(33)21(9-25)3-4-21/h5-8,10H,3-4H2,1-2H3,(H,28,33)(H,29,34)/t10-/m1/s1. The van der Waals surface area contributed by atoms with Crippen molar-refractivity contribution in [3.63, 3.8) is 0 Å². The molecular weight excluding hydrogens is 469 g/mol. The number of hydrogen-bond donors (Lipinski definition) is 2. The molecule has 0 aliphatic heterocycles. The van der Waals surface area contributed by atoms with E-state index in [-0.39, 0.29) is 28.5 Å². The Morgan fingerprint density at radius 3 is 2.57 bits per heavy atom. The third-order valence-electron chi connectivity index (χ3n) is 5.32. The van der Waals surface area contributed by atoms with Crippen LogP contribution in [0.3, 0.4) is 0 Å². The SMILES string of the molecule is C[C@@H](OC(=O)Nc1c(-c2ncc(NC(=O)C3(C#N)CC3)cc2F)nnn1C)c1cc(F)cnc1F. The van der Waals surface area contributed by atoms with Gasteiger partial charge in [0.2, 0.25) is 11.9 Å². The largest absolute Gasteiger partial charge is 0.441 e. The first-order valence-corrected chi connectivity index (χ1v) is 10.2. The van der Waals surface area contributed by atoms with E-state index in [0.717, 1.165) is 16.8 Å². The maximum atomic E-state index is 14.8. The van der Waals surface area contributed by atoms with E-state index >= 15 is 0 Å². The second kappa shape index (κ2) is 9.01. The van der Waals surface area contributed by atoms with Crippen LogP contribution in [0.1, 0.15) is 31.4 Å². The van der Waals surface area contributed by atoms with Crippen molar-refractivity contribution in [2.24, 2.45) is 12.5 Å². The van der Waals surface area contributed by atoms with Gasteiger partial charge in [-0.3, -0.25) is 10.1 Å². The molecule has 4 rings (SSSR count). The van der Waals surface area contributed by atoms with Gasteiger partial charge in [0.15, 0.2) is 17.3 Å². The number of carbonyl (C=O) groups is 2. The first-order valence-electron chi connectivity index (χ1n) is 10.2. The van der Waals surface area contributed by atoms with Crippen molar-refractivity contribution < 1.29 is 27.5 Å². The second-order valence-corrected chi connectivity index (χ2v) is 7.82. The van der Waals surface area contributed by atoms with Crippen molar-refractivity contribution in [1.82, 2.24) is 25.0 Å². The summed E-state index contributed by atoms with van der Waals surface area (Å²) in [6.07, 6.45) is 0.421. The van der Waals surface area contributed by atoms with Crippen LogP contribution in [-0.2, 0) is 16.6 Å². The lowest BCUT2D eigenvalue weighted by Crippen LogP contribution is -2.23. The summed E-state index contributed by atoms with van der Waals surface area (Å²) in [5, 5.41) is 21.4. The molecule has 0 aromatic carbocycles. The number of aryl methyl sites for hydroxylation is 1. The second-order valence-electron chi connectivity index (χ2n) is 7.82. The number of nitrogens with one attached hydrogen (secondary N) is 2. The molecule has 35 heavy (non-hydrogen) atoms. The van der Waals surface area contributed by atoms with Crippen LogP contribution < -0.4 is 10.6 Å². The number of rotatable bonds is 6. The predicted octanol–water partition coefficient (Wildman–Crippen LogP) is 3.24. The van der Waals surface area contributed by atoms with Crippen LogP contribution in [0.15, 0.2) is 24.5 Å². The first-order chi connectivity index (χ1) is 16.6. The minimum atomic E-state index is -1.20. The van der Waals surface area contributed by atoms with E-state index in [0.29, 0.717) is 19.0 Å². The van der Waals surface area contributed by atoms with Gasteiger partial charge in [0.1, 0.15) is 23.0 Å². The minimum Gasteiger partial charge on any atom is -0.441 e. The van der Waals surface area contributed by atoms with Gasteiger partial charge in [0.05, 0.1) is 29.7 Å². The van der Waals surface area contributed by atoms with E-state index in [1.54, 1.807) is 0 Å². The number of aromatic nitrogens is 5. The molecule has 0 bridgehead atoms. The topological polar surface area (TPSA) is 148 Å². The molecule has 1 atom stereocenters. The summed E-state index contributed by atoms with van der Waals surface area (Å²) in [5.41, 5.74) is -1.78. The highest BCUT2D eigenvalue weighted by atomic mass is 19.1. The van der Waals surface area contributed by atoms with Crippen LogP contribution in [-0.4, -0.2) is 37.0 Å². The number of halogens is 3. The molecule has 0 radical (unpaired) electrons. The molecule has 11 nitrogen and oxygen atoms in total. The van der Waals surface area contributed by atoms with Crippen molar-refractivity contribution >= 4 is 23.5 Å². The van der Waals surface area contributed by atoms with Gasteiger partial charge in [-0.15, -0.1) is 5.10 Å². The van der Waals surface area contributed by atoms with Crippen LogP contribution >= 0.6 is 0 Å². The number of nitrogens with zero attached hydrogens (tertiary/aromatic N) is 6. The maximum absolute atomic E-state index is 14.8. The van der Waals surface area contributed by atoms with E-state index in [1.807, 2.05) is 6.07 Å². The molecule has 1 aliphatic carbocycles. The zero-order valence-corrected chi connectivity index (χ0v) is 18.3. The van der Waals surface area contributed by atoms with E-state index in [1.165, 1.54) is 20.2 Å². The smallest absolute Gasteiger partial charge is 0.413 e. The molecule has 180 valence electrons. The quantitative estimate of drug-likeness (QED) is 0.505. The molecule has 3 aromatic heterocycles. The van der Waals surface area contributed by atoms with Crippen LogP contribution in [0.25, 0.3) is 11.4 Å². The molecule has 14 heteroatoms. The Morgan fingerprint density at radius 1 is 1.17 bits per heavy atom. The van der Waals surface area contributed by atoms with Gasteiger partial charge >= 0.3 is 6.09 Å². The minimum absolute atomic E-state index is 0.0372. The Labute approximate surface area is 195 Å². The molecule has 2 N–H and O–H groups in total. The molecule has 0 saturated heterocycles. The fraction of sp³-hybridized carbons (Fsp3) is 0.286. The van der Waals surface area contributed by atoms with Gasteiger partial charge in [-0.05, 0) is 25.8 Å². The van der Waals surface area contributed by atoms with Crippen molar-refractivity contribution in [3.05, 3.63) is 47.7 Å². The van der Waals surface area contributed by atoms with Crippen LogP contribution in [0.4, 0.5) is 29.5 Å². The van der Waals surface area contributed by atoms with Crippen molar-refractivity contribution in [1.29, 1.82) is 5.26 Å². The number of carbonyl (C=O) groups excluding carboxylic acids is 2. The lowest BCUT2D eigenvalue weighted by atomic mass is 10.1. The van der Waals surface area contributed by atoms with Crippen LogP contribution in [0.2, 0.25) is 0 Å². The molecule has 1 fully saturated rings. The van der Waals surface area contributed by atoms with Gasteiger partial charge in [-0.2, -0.15) is 9.65 Å². The molecule has 0 unspecified atom stereocenters. The normalized spacial score (nSPS) is 14.5. The summed E-state index contributed by atoms with van der Waals surface area (Å²) < 4.78 is 48.2. The highest BCUT2D eigenvalue weighted by Crippen LogP contribution is 2.45. The van der Waals surface area contributed by atoms with Crippen LogP contribution in [0, 0.1) is 34.3 Å². The Hall–Kier alpha value is -4.54. The first kappa shape index (κ1) is 23.6. The van der Waals surface area contributed by atoms with Gasteiger partial charge < -0.3 is 10.1 Å². The van der Waals surface area contributed by atoms with E-state index < -0.39 is 41.1 Å². The summed E-state index contributed by atoms with van der Waals surface area (Å²) in [5.74, 6) is -3.34. The van der Waals surface area contributed by atoms with Gasteiger partial charge in [0.25, 0.3) is 0 Å². The Balaban J connectivity index is 1.50. The molecule has 1 aliphatic rings. The molecular formula is C21H17F3N8O3. The number of ether oxygens (including phenoxy) is 1. The molecule has 0 spiro atoms. The van der Waals surface area contributed by atoms with Crippen LogP contribution in [0.5, 0.6) is 0 Å². The van der Waals surface area contributed by atoms with Gasteiger partial charge in [-0.25, -0.2) is 28.2 Å². The molecule has 3 heterocycles. The van der Waals surface area contributed by atoms with Gasteiger partial charge in [-0.1, -0.05) is 5.21 Å². The highest BCUT2D eigenvalue weighted by molar-refractivity contribution is 5.99. The summed E-state index contributed by atoms with van der Waals surface area (Å²) in [7, 11) is 1.41. The highest BCUT2D eigenvalue weighted by Gasteiger charge is 2.50. The summed E-state index contributed by atoms with van der Waals surface area (Å²) in [6.45, 7) is 1.31. The molecule has 1 saturated carbocycles. The fourth-order valence-electron chi connectivity index (χ4n) is 3.18. The Bertz CT molecular complexity index is 1370. The summed E-state index contributed by atoms with van der Waals surface area (Å²) in [6, 6.07) is 3.78. The van der Waals surface area contributed by atoms with E-state index in [2.05, 4.69) is 30.9 Å². The zero-order valence-electron chi connectivity index (χ0n) is 18.3. The number of hydrogen-bond acceptors (Lipinski definition) is 8. The Morgan fingerprint density at radius 2 is 1.91 bits per heavy atom. The molecule has 3 aromatic rings. The number of amides is 2. The maximum Gasteiger partial charge on any atom is 0.413 e. The summed E-state index contributed by atoms with van der Waals surface area (Å²) in [4.78, 5) is 31.8. The predicted molar refractivity (Wildman–Crippen MR) is 113 cm³/mol. The van der Waals surface area contributed by atoms with Crippen molar-refractivity contribution in [3.8, 4) is 17.5 Å². The average Bonchev–Trinajstić information content (AvgIpc) is 3.55. The number of nitriles is 1.